The second kappa shape index (κ2) is 5.30. The van der Waals surface area contributed by atoms with Gasteiger partial charge in [0.25, 0.3) is 0 Å². The fourth-order valence-corrected chi connectivity index (χ4v) is 4.84. The van der Waals surface area contributed by atoms with Gasteiger partial charge in [-0.15, -0.1) is 0 Å². The highest BCUT2D eigenvalue weighted by molar-refractivity contribution is 5.96. The molecule has 2 bridgehead atoms. The Morgan fingerprint density at radius 2 is 2.00 bits per heavy atom. The molecule has 0 aromatic carbocycles. The van der Waals surface area contributed by atoms with E-state index < -0.39 is 0 Å². The standard InChI is InChI=1S/C19H26N2O2/c1-11(22)15-10-20-18(17-13-5-4-12(8-13)16(15)17)21-14-6-7-23-19(2,3)9-14/h10,12-14H,4-9H2,1-3H3,(H,20,21). The van der Waals surface area contributed by atoms with E-state index in [2.05, 4.69) is 24.1 Å². The number of nitrogens with zero attached hydrogens (tertiary/aromatic N) is 1. The average molecular weight is 314 g/mol. The average Bonchev–Trinajstić information content (AvgIpc) is 3.08. The maximum Gasteiger partial charge on any atom is 0.161 e. The van der Waals surface area contributed by atoms with Gasteiger partial charge in [-0.1, -0.05) is 0 Å². The normalized spacial score (nSPS) is 31.0. The van der Waals surface area contributed by atoms with E-state index in [4.69, 9.17) is 4.74 Å². The van der Waals surface area contributed by atoms with Gasteiger partial charge in [0.1, 0.15) is 5.82 Å². The number of aromatic nitrogens is 1. The van der Waals surface area contributed by atoms with Crippen molar-refractivity contribution in [2.75, 3.05) is 11.9 Å². The monoisotopic (exact) mass is 314 g/mol. The highest BCUT2D eigenvalue weighted by Crippen LogP contribution is 2.56. The fraction of sp³-hybridized carbons (Fsp3) is 0.684. The molecule has 2 fully saturated rings. The molecule has 3 atom stereocenters. The van der Waals surface area contributed by atoms with Gasteiger partial charge in [-0.3, -0.25) is 4.79 Å². The highest BCUT2D eigenvalue weighted by Gasteiger charge is 2.42. The van der Waals surface area contributed by atoms with Crippen molar-refractivity contribution in [1.29, 1.82) is 0 Å². The number of ether oxygens (including phenoxy) is 1. The zero-order valence-corrected chi connectivity index (χ0v) is 14.3. The van der Waals surface area contributed by atoms with Gasteiger partial charge in [0.15, 0.2) is 5.78 Å². The molecule has 0 radical (unpaired) electrons. The lowest BCUT2D eigenvalue weighted by Crippen LogP contribution is -2.40. The van der Waals surface area contributed by atoms with Crippen molar-refractivity contribution in [1.82, 2.24) is 4.98 Å². The number of rotatable bonds is 3. The summed E-state index contributed by atoms with van der Waals surface area (Å²) in [4.78, 5) is 16.7. The van der Waals surface area contributed by atoms with Crippen LogP contribution in [0.4, 0.5) is 5.82 Å². The largest absolute Gasteiger partial charge is 0.375 e. The number of anilines is 1. The van der Waals surface area contributed by atoms with Crippen molar-refractivity contribution in [3.63, 3.8) is 0 Å². The molecule has 1 aromatic rings. The molecule has 23 heavy (non-hydrogen) atoms. The smallest absolute Gasteiger partial charge is 0.161 e. The topological polar surface area (TPSA) is 51.2 Å². The predicted molar refractivity (Wildman–Crippen MR) is 90.3 cm³/mol. The molecule has 0 amide bonds. The molecule has 2 heterocycles. The van der Waals surface area contributed by atoms with Gasteiger partial charge in [0.05, 0.1) is 5.60 Å². The lowest BCUT2D eigenvalue weighted by molar-refractivity contribution is -0.0553. The fourth-order valence-electron chi connectivity index (χ4n) is 4.84. The molecule has 0 spiro atoms. The first-order valence-corrected chi connectivity index (χ1v) is 8.89. The number of hydrogen-bond acceptors (Lipinski definition) is 4. The summed E-state index contributed by atoms with van der Waals surface area (Å²) in [7, 11) is 0. The summed E-state index contributed by atoms with van der Waals surface area (Å²) in [6.07, 6.45) is 7.48. The number of fused-ring (bicyclic) bond motifs is 5. The van der Waals surface area contributed by atoms with Gasteiger partial charge in [-0.2, -0.15) is 0 Å². The molecule has 1 aliphatic heterocycles. The number of hydrogen-bond donors (Lipinski definition) is 1. The maximum atomic E-state index is 12.0. The maximum absolute atomic E-state index is 12.0. The van der Waals surface area contributed by atoms with E-state index >= 15 is 0 Å². The molecule has 1 N–H and O–H groups in total. The van der Waals surface area contributed by atoms with Gasteiger partial charge < -0.3 is 10.1 Å². The SMILES string of the molecule is CC(=O)c1cnc(NC2CCOC(C)(C)C2)c2c1C1CCC2C1. The lowest BCUT2D eigenvalue weighted by atomic mass is 9.87. The molecule has 1 aromatic heterocycles. The summed E-state index contributed by atoms with van der Waals surface area (Å²) in [5, 5.41) is 3.69. The first-order valence-electron chi connectivity index (χ1n) is 8.89. The van der Waals surface area contributed by atoms with E-state index in [-0.39, 0.29) is 11.4 Å². The van der Waals surface area contributed by atoms with Crippen molar-refractivity contribution < 1.29 is 9.53 Å². The minimum atomic E-state index is -0.0720. The highest BCUT2D eigenvalue weighted by atomic mass is 16.5. The van der Waals surface area contributed by atoms with E-state index in [1.807, 2.05) is 0 Å². The summed E-state index contributed by atoms with van der Waals surface area (Å²) < 4.78 is 5.82. The van der Waals surface area contributed by atoms with Crippen molar-refractivity contribution in [3.05, 3.63) is 22.9 Å². The van der Waals surface area contributed by atoms with Crippen LogP contribution in [0.2, 0.25) is 0 Å². The zero-order valence-electron chi connectivity index (χ0n) is 14.3. The third-order valence-electron chi connectivity index (χ3n) is 5.82. The molecule has 1 saturated heterocycles. The zero-order chi connectivity index (χ0) is 16.2. The van der Waals surface area contributed by atoms with Gasteiger partial charge in [0, 0.05) is 30.0 Å². The number of pyridine rings is 1. The molecule has 1 saturated carbocycles. The minimum Gasteiger partial charge on any atom is -0.375 e. The first kappa shape index (κ1) is 15.1. The number of nitrogens with one attached hydrogen (secondary N) is 1. The Balaban J connectivity index is 1.67. The molecular formula is C19H26N2O2. The minimum absolute atomic E-state index is 0.0720. The summed E-state index contributed by atoms with van der Waals surface area (Å²) in [5.74, 6) is 2.35. The molecule has 3 unspecified atom stereocenters. The number of Topliss-reactive ketones (excluding diaryl/α,β-unsaturated/α-hetero) is 1. The van der Waals surface area contributed by atoms with Crippen molar-refractivity contribution in [2.24, 2.45) is 0 Å². The number of ketones is 1. The van der Waals surface area contributed by atoms with Crippen molar-refractivity contribution in [3.8, 4) is 0 Å². The molecule has 3 aliphatic rings. The summed E-state index contributed by atoms with van der Waals surface area (Å²) in [5.41, 5.74) is 3.43. The van der Waals surface area contributed by atoms with Crippen LogP contribution in [0.3, 0.4) is 0 Å². The van der Waals surface area contributed by atoms with Crippen LogP contribution >= 0.6 is 0 Å². The third kappa shape index (κ3) is 2.57. The Labute approximate surface area is 138 Å². The second-order valence-corrected chi connectivity index (χ2v) is 8.05. The molecule has 4 nitrogen and oxygen atoms in total. The van der Waals surface area contributed by atoms with E-state index in [1.165, 1.54) is 30.4 Å². The summed E-state index contributed by atoms with van der Waals surface area (Å²) >= 11 is 0. The third-order valence-corrected chi connectivity index (χ3v) is 5.82. The van der Waals surface area contributed by atoms with Crippen LogP contribution < -0.4 is 5.32 Å². The van der Waals surface area contributed by atoms with Crippen molar-refractivity contribution in [2.45, 2.75) is 76.4 Å². The van der Waals surface area contributed by atoms with Gasteiger partial charge in [-0.25, -0.2) is 4.98 Å². The van der Waals surface area contributed by atoms with Gasteiger partial charge in [-0.05, 0) is 70.3 Å². The molecule has 4 rings (SSSR count). The van der Waals surface area contributed by atoms with Crippen molar-refractivity contribution >= 4 is 11.6 Å². The Hall–Kier alpha value is -1.42. The first-order chi connectivity index (χ1) is 10.9. The molecule has 124 valence electrons. The van der Waals surface area contributed by atoms with E-state index in [9.17, 15) is 4.79 Å². The predicted octanol–water partition coefficient (Wildman–Crippen LogP) is 4.02. The van der Waals surface area contributed by atoms with E-state index in [0.29, 0.717) is 17.9 Å². The Morgan fingerprint density at radius 1 is 1.26 bits per heavy atom. The quantitative estimate of drug-likeness (QED) is 0.856. The van der Waals surface area contributed by atoms with Crippen LogP contribution in [0.15, 0.2) is 6.20 Å². The van der Waals surface area contributed by atoms with Crippen LogP contribution in [-0.2, 0) is 4.74 Å². The Bertz CT molecular complexity index is 653. The molecule has 2 aliphatic carbocycles. The second-order valence-electron chi connectivity index (χ2n) is 8.05. The van der Waals surface area contributed by atoms with Crippen LogP contribution in [-0.4, -0.2) is 29.0 Å². The summed E-state index contributed by atoms with van der Waals surface area (Å²) in [6.45, 7) is 6.76. The van der Waals surface area contributed by atoms with E-state index in [0.717, 1.165) is 30.8 Å². The number of carbonyl (C=O) groups is 1. The van der Waals surface area contributed by atoms with Crippen LogP contribution in [0.5, 0.6) is 0 Å². The van der Waals surface area contributed by atoms with E-state index in [1.54, 1.807) is 13.1 Å². The Morgan fingerprint density at radius 3 is 2.70 bits per heavy atom. The molecule has 4 heteroatoms. The summed E-state index contributed by atoms with van der Waals surface area (Å²) in [6, 6.07) is 0.401. The lowest BCUT2D eigenvalue weighted by Gasteiger charge is -2.36. The molecular weight excluding hydrogens is 288 g/mol. The Kier molecular flexibility index (Phi) is 3.49. The van der Waals surface area contributed by atoms with Crippen LogP contribution in [0, 0.1) is 0 Å². The number of carbonyl (C=O) groups excluding carboxylic acids is 1. The van der Waals surface area contributed by atoms with Gasteiger partial charge in [0.2, 0.25) is 0 Å². The van der Waals surface area contributed by atoms with Gasteiger partial charge >= 0.3 is 0 Å². The van der Waals surface area contributed by atoms with Crippen LogP contribution in [0.1, 0.15) is 86.2 Å². The van der Waals surface area contributed by atoms with Crippen LogP contribution in [0.25, 0.3) is 0 Å².